The Hall–Kier alpha value is -3.95. The fourth-order valence-corrected chi connectivity index (χ4v) is 11.4. The number of nitriles is 1. The van der Waals surface area contributed by atoms with Crippen LogP contribution in [0.15, 0.2) is 18.2 Å². The summed E-state index contributed by atoms with van der Waals surface area (Å²) in [6.45, 7) is 2.00. The number of fused-ring (bicyclic) bond motifs is 5. The number of halogens is 4. The average Bonchev–Trinajstić information content (AvgIpc) is 3.50. The molecule has 2 bridgehead atoms. The van der Waals surface area contributed by atoms with Crippen LogP contribution in [0.3, 0.4) is 0 Å². The van der Waals surface area contributed by atoms with Gasteiger partial charge in [0.15, 0.2) is 5.82 Å². The molecule has 0 radical (unpaired) electrons. The average molecular weight is 787 g/mol. The number of ether oxygens (including phenoxy) is 1. The minimum absolute atomic E-state index is 0.0133. The number of hydrogen-bond donors (Lipinski definition) is 1. The summed E-state index contributed by atoms with van der Waals surface area (Å²) in [4.78, 5) is 28.7. The lowest BCUT2D eigenvalue weighted by Gasteiger charge is -2.42. The zero-order chi connectivity index (χ0) is 37.1. The van der Waals surface area contributed by atoms with Crippen molar-refractivity contribution in [3.8, 4) is 23.2 Å². The highest BCUT2D eigenvalue weighted by Gasteiger charge is 2.54. The number of carbonyl (C=O) groups excluding carboxylic acids is 1. The van der Waals surface area contributed by atoms with Gasteiger partial charge in [0.05, 0.1) is 27.1 Å². The molecule has 278 valence electrons. The maximum atomic E-state index is 17.2. The number of thiophene rings is 1. The number of nitrogens with zero attached hydrogens (tertiary/aromatic N) is 7. The molecule has 2 N–H and O–H groups in total. The van der Waals surface area contributed by atoms with E-state index in [2.05, 4.69) is 9.88 Å². The molecular weight excluding hydrogens is 753 g/mol. The molecule has 6 atom stereocenters. The second-order valence-electron chi connectivity index (χ2n) is 14.8. The van der Waals surface area contributed by atoms with Crippen molar-refractivity contribution >= 4 is 70.7 Å². The van der Waals surface area contributed by atoms with Crippen molar-refractivity contribution in [1.82, 2.24) is 24.1 Å². The number of hydrogen-bond acceptors (Lipinski definition) is 11. The normalized spacial score (nSPS) is 28.2. The molecule has 1 unspecified atom stereocenters. The first kappa shape index (κ1) is 34.8. The van der Waals surface area contributed by atoms with Gasteiger partial charge in [0.2, 0.25) is 15.9 Å². The van der Waals surface area contributed by atoms with Crippen LogP contribution >= 0.6 is 22.9 Å². The molecule has 5 aliphatic heterocycles. The minimum atomic E-state index is -3.50. The van der Waals surface area contributed by atoms with E-state index in [-0.39, 0.29) is 84.9 Å². The molecule has 5 saturated heterocycles. The molecule has 0 saturated carbocycles. The van der Waals surface area contributed by atoms with E-state index in [1.165, 1.54) is 16.4 Å². The predicted octanol–water partition coefficient (Wildman–Crippen LogP) is 4.68. The Morgan fingerprint density at radius 3 is 2.64 bits per heavy atom. The predicted molar refractivity (Wildman–Crippen MR) is 194 cm³/mol. The number of piperazine rings is 1. The Morgan fingerprint density at radius 1 is 1.19 bits per heavy atom. The fraction of sp³-hybridized carbons (Fsp3) is 0.486. The van der Waals surface area contributed by atoms with Gasteiger partial charge in [-0.1, -0.05) is 17.7 Å². The van der Waals surface area contributed by atoms with Gasteiger partial charge >= 0.3 is 6.01 Å². The number of nitrogen functional groups attached to an aromatic ring is 1. The summed E-state index contributed by atoms with van der Waals surface area (Å²) in [7, 11) is -3.50. The number of anilines is 2. The Kier molecular flexibility index (Phi) is 8.07. The highest BCUT2D eigenvalue weighted by Crippen LogP contribution is 2.47. The third kappa shape index (κ3) is 5.50. The van der Waals surface area contributed by atoms with E-state index in [4.69, 9.17) is 27.1 Å². The number of alkyl halides is 1. The molecule has 0 aliphatic carbocycles. The van der Waals surface area contributed by atoms with Gasteiger partial charge in [0, 0.05) is 61.0 Å². The maximum Gasteiger partial charge on any atom is 0.319 e. The fourth-order valence-electron chi connectivity index (χ4n) is 9.17. The van der Waals surface area contributed by atoms with Crippen molar-refractivity contribution in [2.45, 2.75) is 61.9 Å². The highest BCUT2D eigenvalue weighted by molar-refractivity contribution is 7.88. The SMILES string of the molecule is CS(=O)(=O)[N@]1CC1C(=O)N1[C@@H]2CC[C@H]1CN(c1nc(OC[C@@]34CCCN3C[C@H](F)C4)nc3c(F)c(-c4ccc(F)c5sc(N)c(C#N)c45)c(Cl)cc13)C2. The monoisotopic (exact) mass is 786 g/mol. The number of rotatable bonds is 7. The van der Waals surface area contributed by atoms with Gasteiger partial charge in [0.1, 0.15) is 47.0 Å². The van der Waals surface area contributed by atoms with Crippen LogP contribution < -0.4 is 15.4 Å². The van der Waals surface area contributed by atoms with Gasteiger partial charge in [-0.3, -0.25) is 9.69 Å². The lowest BCUT2D eigenvalue weighted by Crippen LogP contribution is -2.57. The Morgan fingerprint density at radius 2 is 1.94 bits per heavy atom. The van der Waals surface area contributed by atoms with Gasteiger partial charge in [-0.15, -0.1) is 11.3 Å². The summed E-state index contributed by atoms with van der Waals surface area (Å²) in [5.41, 5.74) is 5.52. The molecule has 5 aliphatic rings. The van der Waals surface area contributed by atoms with Gasteiger partial charge in [-0.2, -0.15) is 19.5 Å². The summed E-state index contributed by atoms with van der Waals surface area (Å²) in [6.07, 6.45) is 3.44. The topological polar surface area (TPSA) is 149 Å². The van der Waals surface area contributed by atoms with Crippen LogP contribution in [0.2, 0.25) is 5.02 Å². The van der Waals surface area contributed by atoms with E-state index in [1.807, 2.05) is 11.0 Å². The first-order chi connectivity index (χ1) is 25.3. The third-order valence-corrected chi connectivity index (χ3v) is 14.2. The van der Waals surface area contributed by atoms with Crippen molar-refractivity contribution in [2.75, 3.05) is 56.2 Å². The van der Waals surface area contributed by atoms with Gasteiger partial charge < -0.3 is 20.3 Å². The van der Waals surface area contributed by atoms with Crippen LogP contribution in [0.5, 0.6) is 6.01 Å². The molecule has 4 aromatic rings. The molecule has 5 fully saturated rings. The first-order valence-electron chi connectivity index (χ1n) is 17.4. The number of nitrogens with two attached hydrogens (primary N) is 1. The summed E-state index contributed by atoms with van der Waals surface area (Å²) in [5.74, 6) is -1.33. The Bertz CT molecular complexity index is 2380. The quantitative estimate of drug-likeness (QED) is 0.262. The molecule has 12 nitrogen and oxygen atoms in total. The number of carbonyl (C=O) groups is 1. The van der Waals surface area contributed by atoms with E-state index in [9.17, 15) is 27.3 Å². The molecule has 18 heteroatoms. The zero-order valence-corrected chi connectivity index (χ0v) is 30.9. The molecule has 9 rings (SSSR count). The van der Waals surface area contributed by atoms with Gasteiger partial charge in [0.25, 0.3) is 0 Å². The van der Waals surface area contributed by atoms with Crippen molar-refractivity contribution in [2.24, 2.45) is 0 Å². The van der Waals surface area contributed by atoms with Crippen LogP contribution in [0.25, 0.3) is 32.1 Å². The van der Waals surface area contributed by atoms with E-state index in [0.717, 1.165) is 37.0 Å². The lowest BCUT2D eigenvalue weighted by atomic mass is 9.95. The van der Waals surface area contributed by atoms with Crippen LogP contribution in [-0.4, -0.2) is 114 Å². The van der Waals surface area contributed by atoms with E-state index < -0.39 is 39.4 Å². The Balaban J connectivity index is 1.14. The molecule has 53 heavy (non-hydrogen) atoms. The van der Waals surface area contributed by atoms with E-state index >= 15 is 4.39 Å². The molecule has 2 aromatic carbocycles. The molecule has 2 aromatic heterocycles. The van der Waals surface area contributed by atoms with Crippen molar-refractivity contribution in [3.63, 3.8) is 0 Å². The van der Waals surface area contributed by atoms with E-state index in [1.54, 1.807) is 11.0 Å². The van der Waals surface area contributed by atoms with Crippen LogP contribution in [0, 0.1) is 23.0 Å². The lowest BCUT2D eigenvalue weighted by molar-refractivity contribution is -0.134. The molecular formula is C35H34ClF3N8O4S2. The smallest absolute Gasteiger partial charge is 0.319 e. The van der Waals surface area contributed by atoms with Crippen LogP contribution in [-0.2, 0) is 14.8 Å². The number of amides is 1. The first-order valence-corrected chi connectivity index (χ1v) is 20.5. The minimum Gasteiger partial charge on any atom is -0.461 e. The van der Waals surface area contributed by atoms with Gasteiger partial charge in [-0.25, -0.2) is 21.6 Å². The molecule has 1 amide bonds. The number of sulfonamides is 1. The second-order valence-corrected chi connectivity index (χ2v) is 18.2. The summed E-state index contributed by atoms with van der Waals surface area (Å²) in [6, 6.07) is 4.78. The molecule has 0 spiro atoms. The van der Waals surface area contributed by atoms with E-state index in [0.29, 0.717) is 44.7 Å². The van der Waals surface area contributed by atoms with Crippen molar-refractivity contribution in [1.29, 1.82) is 5.26 Å². The highest BCUT2D eigenvalue weighted by atomic mass is 35.5. The third-order valence-electron chi connectivity index (χ3n) is 11.6. The summed E-state index contributed by atoms with van der Waals surface area (Å²) < 4.78 is 78.4. The van der Waals surface area contributed by atoms with Crippen LogP contribution in [0.4, 0.5) is 24.0 Å². The summed E-state index contributed by atoms with van der Waals surface area (Å²) in [5, 5.41) is 10.4. The number of benzene rings is 2. The van der Waals surface area contributed by atoms with Crippen molar-refractivity contribution < 1.29 is 31.1 Å². The largest absolute Gasteiger partial charge is 0.461 e. The Labute approximate surface area is 311 Å². The maximum absolute atomic E-state index is 17.2. The van der Waals surface area contributed by atoms with Crippen molar-refractivity contribution in [3.05, 3.63) is 40.4 Å². The second kappa shape index (κ2) is 12.3. The molecule has 7 heterocycles. The van der Waals surface area contributed by atoms with Gasteiger partial charge in [-0.05, 0) is 49.9 Å². The summed E-state index contributed by atoms with van der Waals surface area (Å²) >= 11 is 7.78. The standard InChI is InChI=1S/C35H34ClF3N8O4S2/c1-53(49,50)46-15-25(46)33(48)47-18-3-4-19(47)14-44(13-18)32-21-9-23(36)27(20-5-6-24(38)30-26(20)22(11-40)31(41)52-30)28(39)29(21)42-34(43-32)51-16-35-7-2-8-45(35)12-17(37)10-35/h5-6,9,17-19,25H,2-4,7-8,10,12-16,41H2,1H3/t17-,18-,19+,25?,35+,46-/m1/s1. The zero-order valence-electron chi connectivity index (χ0n) is 28.5. The number of aromatic nitrogens is 2. The van der Waals surface area contributed by atoms with Crippen LogP contribution in [0.1, 0.15) is 37.7 Å².